The van der Waals surface area contributed by atoms with E-state index in [9.17, 15) is 0 Å². The lowest BCUT2D eigenvalue weighted by molar-refractivity contribution is 0.0337. The molecule has 19 heavy (non-hydrogen) atoms. The first-order valence-electron chi connectivity index (χ1n) is 7.75. The third kappa shape index (κ3) is 4.95. The third-order valence-corrected chi connectivity index (χ3v) is 5.16. The van der Waals surface area contributed by atoms with Gasteiger partial charge in [0.05, 0.1) is 0 Å². The van der Waals surface area contributed by atoms with Crippen LogP contribution in [0, 0.1) is 11.3 Å². The fraction of sp³-hybridized carbons (Fsp3) is 1.00. The van der Waals surface area contributed by atoms with Gasteiger partial charge in [-0.15, -0.1) is 0 Å². The van der Waals surface area contributed by atoms with Gasteiger partial charge in [-0.1, -0.05) is 34.6 Å². The fourth-order valence-corrected chi connectivity index (χ4v) is 3.53. The van der Waals surface area contributed by atoms with E-state index in [1.165, 1.54) is 18.7 Å². The third-order valence-electron chi connectivity index (χ3n) is 4.51. The number of piperazine rings is 1. The number of rotatable bonds is 5. The molecule has 1 N–H and O–H groups in total. The van der Waals surface area contributed by atoms with Crippen molar-refractivity contribution in [2.45, 2.75) is 66.1 Å². The average Bonchev–Trinajstić information content (AvgIpc) is 2.33. The molecule has 3 atom stereocenters. The highest BCUT2D eigenvalue weighted by Crippen LogP contribution is 2.27. The largest absolute Gasteiger partial charge is 0.311 e. The molecule has 114 valence electrons. The highest BCUT2D eigenvalue weighted by molar-refractivity contribution is 7.98. The van der Waals surface area contributed by atoms with Gasteiger partial charge in [-0.25, -0.2) is 0 Å². The van der Waals surface area contributed by atoms with Crippen molar-refractivity contribution in [1.82, 2.24) is 10.2 Å². The molecule has 0 radical (unpaired) electrons. The van der Waals surface area contributed by atoms with Crippen LogP contribution in [0.1, 0.15) is 48.0 Å². The van der Waals surface area contributed by atoms with Crippen molar-refractivity contribution < 1.29 is 0 Å². The van der Waals surface area contributed by atoms with Crippen molar-refractivity contribution in [3.05, 3.63) is 0 Å². The van der Waals surface area contributed by atoms with E-state index in [0.29, 0.717) is 23.5 Å². The summed E-state index contributed by atoms with van der Waals surface area (Å²) in [6, 6.07) is 2.00. The Labute approximate surface area is 125 Å². The molecule has 1 aliphatic rings. The Morgan fingerprint density at radius 1 is 1.26 bits per heavy atom. The first kappa shape index (κ1) is 17.3. The van der Waals surface area contributed by atoms with Gasteiger partial charge in [0, 0.05) is 31.2 Å². The Morgan fingerprint density at radius 3 is 2.37 bits per heavy atom. The van der Waals surface area contributed by atoms with E-state index >= 15 is 0 Å². The van der Waals surface area contributed by atoms with Gasteiger partial charge in [-0.2, -0.15) is 11.8 Å². The Kier molecular flexibility index (Phi) is 6.68. The molecule has 0 aliphatic carbocycles. The van der Waals surface area contributed by atoms with Gasteiger partial charge in [-0.3, -0.25) is 4.90 Å². The summed E-state index contributed by atoms with van der Waals surface area (Å²) in [5, 5.41) is 3.78. The number of hydrogen-bond donors (Lipinski definition) is 1. The van der Waals surface area contributed by atoms with Crippen molar-refractivity contribution in [3.63, 3.8) is 0 Å². The molecular formula is C16H34N2S. The molecule has 3 heteroatoms. The first-order valence-corrected chi connectivity index (χ1v) is 9.14. The molecular weight excluding hydrogens is 252 g/mol. The van der Waals surface area contributed by atoms with Crippen molar-refractivity contribution >= 4 is 11.8 Å². The summed E-state index contributed by atoms with van der Waals surface area (Å²) in [6.07, 6.45) is 3.52. The Morgan fingerprint density at radius 2 is 1.89 bits per heavy atom. The summed E-state index contributed by atoms with van der Waals surface area (Å²) in [7, 11) is 0. The van der Waals surface area contributed by atoms with Gasteiger partial charge < -0.3 is 5.32 Å². The summed E-state index contributed by atoms with van der Waals surface area (Å²) in [4.78, 5) is 2.77. The zero-order chi connectivity index (χ0) is 14.6. The lowest BCUT2D eigenvalue weighted by Gasteiger charge is -2.49. The smallest absolute Gasteiger partial charge is 0.0247 e. The topological polar surface area (TPSA) is 15.3 Å². The minimum atomic E-state index is 0.347. The van der Waals surface area contributed by atoms with E-state index in [-0.39, 0.29) is 0 Å². The quantitative estimate of drug-likeness (QED) is 0.833. The van der Waals surface area contributed by atoms with Crippen LogP contribution in [-0.2, 0) is 0 Å². The lowest BCUT2D eigenvalue weighted by Crippen LogP contribution is -2.63. The maximum Gasteiger partial charge on any atom is 0.0247 e. The zero-order valence-corrected chi connectivity index (χ0v) is 14.8. The zero-order valence-electron chi connectivity index (χ0n) is 14.0. The predicted octanol–water partition coefficient (Wildman–Crippen LogP) is 3.47. The molecule has 0 aromatic heterocycles. The maximum absolute atomic E-state index is 3.78. The van der Waals surface area contributed by atoms with E-state index in [1.807, 2.05) is 11.8 Å². The molecule has 0 bridgehead atoms. The van der Waals surface area contributed by atoms with Gasteiger partial charge in [0.15, 0.2) is 0 Å². The van der Waals surface area contributed by atoms with Crippen molar-refractivity contribution in [2.24, 2.45) is 11.3 Å². The lowest BCUT2D eigenvalue weighted by atomic mass is 9.83. The molecule has 0 saturated carbocycles. The number of nitrogens with one attached hydrogen (secondary N) is 1. The summed E-state index contributed by atoms with van der Waals surface area (Å²) in [5.74, 6) is 2.00. The fourth-order valence-electron chi connectivity index (χ4n) is 2.95. The van der Waals surface area contributed by atoms with Crippen LogP contribution in [0.5, 0.6) is 0 Å². The molecule has 1 fully saturated rings. The summed E-state index contributed by atoms with van der Waals surface area (Å²) < 4.78 is 0. The monoisotopic (exact) mass is 286 g/mol. The van der Waals surface area contributed by atoms with Gasteiger partial charge in [0.25, 0.3) is 0 Å². The minimum absolute atomic E-state index is 0.347. The van der Waals surface area contributed by atoms with Crippen LogP contribution < -0.4 is 5.32 Å². The second-order valence-electron chi connectivity index (χ2n) is 7.47. The van der Waals surface area contributed by atoms with Crippen LogP contribution in [0.2, 0.25) is 0 Å². The Hall–Kier alpha value is 0.270. The normalized spacial score (nSPS) is 27.8. The average molecular weight is 287 g/mol. The second-order valence-corrected chi connectivity index (χ2v) is 8.45. The SMILES string of the molecule is CSCCC(C)N1CC(C(C)(C)C)NCC1C(C)C. The molecule has 0 aromatic rings. The number of nitrogens with zero attached hydrogens (tertiary/aromatic N) is 1. The summed E-state index contributed by atoms with van der Waals surface area (Å²) in [5.41, 5.74) is 0.347. The molecule has 0 amide bonds. The van der Waals surface area contributed by atoms with E-state index in [0.717, 1.165) is 12.5 Å². The van der Waals surface area contributed by atoms with E-state index in [1.54, 1.807) is 0 Å². The number of hydrogen-bond acceptors (Lipinski definition) is 3. The first-order chi connectivity index (χ1) is 8.77. The van der Waals surface area contributed by atoms with E-state index < -0.39 is 0 Å². The molecule has 0 spiro atoms. The molecule has 1 aliphatic heterocycles. The molecule has 3 unspecified atom stereocenters. The van der Waals surface area contributed by atoms with E-state index in [2.05, 4.69) is 58.0 Å². The Bertz CT molecular complexity index is 260. The number of thioether (sulfide) groups is 1. The Balaban J connectivity index is 2.73. The maximum atomic E-state index is 3.78. The van der Waals surface area contributed by atoms with Crippen molar-refractivity contribution in [1.29, 1.82) is 0 Å². The van der Waals surface area contributed by atoms with E-state index in [4.69, 9.17) is 0 Å². The molecule has 1 heterocycles. The van der Waals surface area contributed by atoms with Gasteiger partial charge >= 0.3 is 0 Å². The molecule has 0 aromatic carbocycles. The molecule has 2 nitrogen and oxygen atoms in total. The standard InChI is InChI=1S/C16H34N2S/c1-12(2)14-10-17-15(16(4,5)6)11-18(14)13(3)8-9-19-7/h12-15,17H,8-11H2,1-7H3. The van der Waals surface area contributed by atoms with Crippen molar-refractivity contribution in [2.75, 3.05) is 25.1 Å². The van der Waals surface area contributed by atoms with Crippen LogP contribution >= 0.6 is 11.8 Å². The van der Waals surface area contributed by atoms with Gasteiger partial charge in [-0.05, 0) is 36.7 Å². The van der Waals surface area contributed by atoms with Crippen LogP contribution in [0.15, 0.2) is 0 Å². The summed E-state index contributed by atoms with van der Waals surface area (Å²) >= 11 is 1.97. The molecule has 1 rings (SSSR count). The second kappa shape index (κ2) is 7.33. The molecule has 1 saturated heterocycles. The van der Waals surface area contributed by atoms with Crippen LogP contribution in [0.3, 0.4) is 0 Å². The van der Waals surface area contributed by atoms with Crippen molar-refractivity contribution in [3.8, 4) is 0 Å². The highest BCUT2D eigenvalue weighted by atomic mass is 32.2. The van der Waals surface area contributed by atoms with Gasteiger partial charge in [0.2, 0.25) is 0 Å². The van der Waals surface area contributed by atoms with Crippen LogP contribution in [0.25, 0.3) is 0 Å². The van der Waals surface area contributed by atoms with Crippen LogP contribution in [-0.4, -0.2) is 48.1 Å². The minimum Gasteiger partial charge on any atom is -0.311 e. The van der Waals surface area contributed by atoms with Crippen LogP contribution in [0.4, 0.5) is 0 Å². The summed E-state index contributed by atoms with van der Waals surface area (Å²) in [6.45, 7) is 16.5. The van der Waals surface area contributed by atoms with Gasteiger partial charge in [0.1, 0.15) is 0 Å². The highest BCUT2D eigenvalue weighted by Gasteiger charge is 2.36. The predicted molar refractivity (Wildman–Crippen MR) is 89.0 cm³/mol.